The number of hydrogen-bond donors (Lipinski definition) is 2. The van der Waals surface area contributed by atoms with Crippen LogP contribution in [0.2, 0.25) is 30.7 Å². The van der Waals surface area contributed by atoms with E-state index >= 15 is 0 Å². The molecule has 3 aromatic heterocycles. The van der Waals surface area contributed by atoms with Crippen molar-refractivity contribution in [3.63, 3.8) is 0 Å². The fourth-order valence-corrected chi connectivity index (χ4v) is 4.58. The second-order valence-corrected chi connectivity index (χ2v) is 15.7. The van der Waals surface area contributed by atoms with Crippen molar-refractivity contribution in [1.82, 2.24) is 19.7 Å². The lowest BCUT2D eigenvalue weighted by atomic mass is 10.1. The number of pyridine rings is 1. The summed E-state index contributed by atoms with van der Waals surface area (Å²) >= 11 is 6.05. The van der Waals surface area contributed by atoms with E-state index in [4.69, 9.17) is 16.3 Å². The highest BCUT2D eigenvalue weighted by Gasteiger charge is 2.20. The molecule has 0 saturated carbocycles. The van der Waals surface area contributed by atoms with Crippen LogP contribution in [0.5, 0.6) is 0 Å². The number of nitrogens with one attached hydrogen (secondary N) is 1. The molecule has 2 N–H and O–H groups in total. The van der Waals surface area contributed by atoms with Crippen molar-refractivity contribution in [3.8, 4) is 11.3 Å². The Labute approximate surface area is 214 Å². The molecule has 0 fully saturated rings. The highest BCUT2D eigenvalue weighted by atomic mass is 35.5. The van der Waals surface area contributed by atoms with Gasteiger partial charge in [0.1, 0.15) is 23.9 Å². The Morgan fingerprint density at radius 3 is 2.67 bits per heavy atom. The molecule has 0 bridgehead atoms. The maximum atomic E-state index is 14.4. The molecule has 0 unspecified atom stereocenters. The number of aromatic nitrogens is 4. The third-order valence-corrected chi connectivity index (χ3v) is 7.62. The Balaban J connectivity index is 1.68. The van der Waals surface area contributed by atoms with Crippen LogP contribution in [0.4, 0.5) is 15.8 Å². The first kappa shape index (κ1) is 25.7. The van der Waals surface area contributed by atoms with Gasteiger partial charge in [0.15, 0.2) is 0 Å². The van der Waals surface area contributed by atoms with E-state index in [2.05, 4.69) is 40.1 Å². The van der Waals surface area contributed by atoms with Gasteiger partial charge in [-0.05, 0) is 49.4 Å². The lowest BCUT2D eigenvalue weighted by Crippen LogP contribution is -2.22. The zero-order chi connectivity index (χ0) is 26.0. The number of rotatable bonds is 9. The molecule has 4 aromatic rings. The number of carboxylic acid groups (broad SMARTS) is 1. The van der Waals surface area contributed by atoms with Crippen molar-refractivity contribution >= 4 is 48.1 Å². The number of hydrogen-bond acceptors (Lipinski definition) is 6. The van der Waals surface area contributed by atoms with E-state index in [1.54, 1.807) is 35.9 Å². The highest BCUT2D eigenvalue weighted by molar-refractivity contribution is 6.76. The minimum absolute atomic E-state index is 0.0750. The SMILES string of the molecule is Cc1nnc(-c2cc(Cl)ccc2F)cc1Nc1ccnc2c1cc(C(=O)O)n2COCC[Si](C)(C)C. The van der Waals surface area contributed by atoms with Gasteiger partial charge in [-0.25, -0.2) is 14.2 Å². The van der Waals surface area contributed by atoms with E-state index in [1.807, 2.05) is 0 Å². The van der Waals surface area contributed by atoms with Crippen LogP contribution in [-0.4, -0.2) is 45.5 Å². The van der Waals surface area contributed by atoms with Crippen LogP contribution < -0.4 is 5.32 Å². The average Bonchev–Trinajstić information content (AvgIpc) is 3.19. The van der Waals surface area contributed by atoms with Crippen molar-refractivity contribution in [1.29, 1.82) is 0 Å². The summed E-state index contributed by atoms with van der Waals surface area (Å²) in [5, 5.41) is 22.4. The summed E-state index contributed by atoms with van der Waals surface area (Å²) in [5.41, 5.74) is 2.89. The third kappa shape index (κ3) is 5.72. The summed E-state index contributed by atoms with van der Waals surface area (Å²) in [6.45, 7) is 9.17. The summed E-state index contributed by atoms with van der Waals surface area (Å²) in [6, 6.07) is 10.2. The number of ether oxygens (including phenoxy) is 1. The predicted molar refractivity (Wildman–Crippen MR) is 141 cm³/mol. The molecule has 0 amide bonds. The van der Waals surface area contributed by atoms with Crippen LogP contribution in [-0.2, 0) is 11.5 Å². The van der Waals surface area contributed by atoms with E-state index < -0.39 is 19.9 Å². The number of aromatic carboxylic acids is 1. The number of halogens is 2. The zero-order valence-electron chi connectivity index (χ0n) is 20.5. The standard InChI is InChI=1S/C25H27ClFN5O3Si/c1-15-21(13-22(31-30-15)17-11-16(26)5-6-19(17)27)29-20-7-8-28-24-18(20)12-23(25(33)34)32(24)14-35-9-10-36(2,3)4/h5-8,11-13H,9-10,14H2,1-4H3,(H,33,34)(H,28,29,31). The Hall–Kier alpha value is -3.34. The summed E-state index contributed by atoms with van der Waals surface area (Å²) < 4.78 is 21.8. The first-order valence-corrected chi connectivity index (χ1v) is 15.5. The van der Waals surface area contributed by atoms with E-state index in [1.165, 1.54) is 18.2 Å². The van der Waals surface area contributed by atoms with Crippen LogP contribution in [0.3, 0.4) is 0 Å². The van der Waals surface area contributed by atoms with E-state index in [0.29, 0.717) is 45.4 Å². The van der Waals surface area contributed by atoms with Gasteiger partial charge in [0, 0.05) is 36.8 Å². The highest BCUT2D eigenvalue weighted by Crippen LogP contribution is 2.32. The Kier molecular flexibility index (Phi) is 7.39. The van der Waals surface area contributed by atoms with Crippen molar-refractivity contribution in [3.05, 3.63) is 64.8 Å². The minimum atomic E-state index is -1.28. The number of fused-ring (bicyclic) bond motifs is 1. The molecular weight excluding hydrogens is 501 g/mol. The van der Waals surface area contributed by atoms with Gasteiger partial charge in [0.25, 0.3) is 0 Å². The van der Waals surface area contributed by atoms with Gasteiger partial charge >= 0.3 is 5.97 Å². The molecule has 36 heavy (non-hydrogen) atoms. The third-order valence-electron chi connectivity index (χ3n) is 5.68. The topological polar surface area (TPSA) is 102 Å². The first-order valence-electron chi connectivity index (χ1n) is 11.4. The van der Waals surface area contributed by atoms with Gasteiger partial charge in [-0.15, -0.1) is 0 Å². The number of carboxylic acids is 1. The van der Waals surface area contributed by atoms with Crippen LogP contribution >= 0.6 is 11.6 Å². The van der Waals surface area contributed by atoms with Crippen LogP contribution in [0.25, 0.3) is 22.3 Å². The Bertz CT molecular complexity index is 1440. The summed E-state index contributed by atoms with van der Waals surface area (Å²) in [4.78, 5) is 16.4. The van der Waals surface area contributed by atoms with Gasteiger partial charge in [0.05, 0.1) is 22.8 Å². The summed E-state index contributed by atoms with van der Waals surface area (Å²) in [5.74, 6) is -1.54. The molecule has 0 saturated heterocycles. The van der Waals surface area contributed by atoms with Crippen LogP contribution in [0.1, 0.15) is 16.2 Å². The molecule has 188 valence electrons. The van der Waals surface area contributed by atoms with Crippen molar-refractivity contribution in [2.45, 2.75) is 39.3 Å². The fourth-order valence-electron chi connectivity index (χ4n) is 3.65. The first-order chi connectivity index (χ1) is 17.0. The van der Waals surface area contributed by atoms with Gasteiger partial charge in [-0.3, -0.25) is 4.57 Å². The molecule has 0 aliphatic heterocycles. The maximum Gasteiger partial charge on any atom is 0.352 e. The Morgan fingerprint density at radius 2 is 1.94 bits per heavy atom. The fraction of sp³-hybridized carbons (Fsp3) is 0.280. The van der Waals surface area contributed by atoms with Gasteiger partial charge in [0.2, 0.25) is 0 Å². The molecule has 0 radical (unpaired) electrons. The van der Waals surface area contributed by atoms with E-state index in [0.717, 1.165) is 6.04 Å². The van der Waals surface area contributed by atoms with Gasteiger partial charge in [-0.1, -0.05) is 31.2 Å². The lowest BCUT2D eigenvalue weighted by Gasteiger charge is -2.16. The predicted octanol–water partition coefficient (Wildman–Crippen LogP) is 6.35. The number of benzene rings is 1. The lowest BCUT2D eigenvalue weighted by molar-refractivity contribution is 0.0629. The molecule has 11 heteroatoms. The zero-order valence-corrected chi connectivity index (χ0v) is 22.2. The second kappa shape index (κ2) is 10.3. The molecule has 0 aliphatic carbocycles. The number of carbonyl (C=O) groups is 1. The van der Waals surface area contributed by atoms with Gasteiger partial charge < -0.3 is 15.2 Å². The maximum absolute atomic E-state index is 14.4. The van der Waals surface area contributed by atoms with Gasteiger partial charge in [-0.2, -0.15) is 10.2 Å². The number of aryl methyl sites for hydroxylation is 1. The average molecular weight is 528 g/mol. The summed E-state index contributed by atoms with van der Waals surface area (Å²) in [6.07, 6.45) is 1.59. The van der Waals surface area contributed by atoms with Crippen molar-refractivity contribution < 1.29 is 19.0 Å². The second-order valence-electron chi connectivity index (χ2n) is 9.68. The largest absolute Gasteiger partial charge is 0.477 e. The van der Waals surface area contributed by atoms with Crippen LogP contribution in [0, 0.1) is 12.7 Å². The minimum Gasteiger partial charge on any atom is -0.477 e. The molecule has 0 aliphatic rings. The van der Waals surface area contributed by atoms with Crippen molar-refractivity contribution in [2.75, 3.05) is 11.9 Å². The molecule has 1 aromatic carbocycles. The smallest absolute Gasteiger partial charge is 0.352 e. The number of anilines is 2. The molecule has 0 spiro atoms. The van der Waals surface area contributed by atoms with Crippen LogP contribution in [0.15, 0.2) is 42.6 Å². The monoisotopic (exact) mass is 527 g/mol. The molecule has 3 heterocycles. The molecule has 0 atom stereocenters. The molecule has 4 rings (SSSR count). The van der Waals surface area contributed by atoms with Crippen molar-refractivity contribution in [2.24, 2.45) is 0 Å². The molecular formula is C25H27ClFN5O3Si. The Morgan fingerprint density at radius 1 is 1.17 bits per heavy atom. The van der Waals surface area contributed by atoms with E-state index in [-0.39, 0.29) is 18.0 Å². The number of nitrogens with zero attached hydrogens (tertiary/aromatic N) is 4. The normalized spacial score (nSPS) is 11.7. The molecule has 8 nitrogen and oxygen atoms in total. The van der Waals surface area contributed by atoms with E-state index in [9.17, 15) is 14.3 Å². The summed E-state index contributed by atoms with van der Waals surface area (Å²) in [7, 11) is -1.28. The quantitative estimate of drug-likeness (QED) is 0.193.